The minimum atomic E-state index is -0.845. The van der Waals surface area contributed by atoms with Crippen LogP contribution in [0, 0.1) is 11.8 Å². The second-order valence-corrected chi connectivity index (χ2v) is 5.81. The minimum absolute atomic E-state index is 0.0842. The van der Waals surface area contributed by atoms with Gasteiger partial charge in [-0.05, 0) is 39.2 Å². The van der Waals surface area contributed by atoms with Crippen molar-refractivity contribution in [2.24, 2.45) is 11.8 Å². The molecule has 0 aromatic heterocycles. The van der Waals surface area contributed by atoms with Crippen LogP contribution in [0.3, 0.4) is 0 Å². The van der Waals surface area contributed by atoms with Crippen molar-refractivity contribution in [3.05, 3.63) is 0 Å². The summed E-state index contributed by atoms with van der Waals surface area (Å²) in [5.41, 5.74) is 0. The van der Waals surface area contributed by atoms with Gasteiger partial charge in [0, 0.05) is 19.1 Å². The molecule has 3 atom stereocenters. The molecule has 108 valence electrons. The highest BCUT2D eigenvalue weighted by molar-refractivity contribution is 5.89. The van der Waals surface area contributed by atoms with Gasteiger partial charge in [-0.25, -0.2) is 0 Å². The first kappa shape index (κ1) is 14.3. The second-order valence-electron chi connectivity index (χ2n) is 5.81. The Bertz CT molecular complexity index is 346. The molecular weight excluding hydrogens is 244 g/mol. The third-order valence-electron chi connectivity index (χ3n) is 4.31. The van der Waals surface area contributed by atoms with Crippen molar-refractivity contribution in [3.8, 4) is 0 Å². The molecule has 2 N–H and O–H groups in total. The number of amides is 1. The maximum atomic E-state index is 11.6. The molecule has 1 heterocycles. The summed E-state index contributed by atoms with van der Waals surface area (Å²) < 4.78 is 0. The number of likely N-dealkylation sites (tertiary alicyclic amines) is 1. The topological polar surface area (TPSA) is 69.6 Å². The van der Waals surface area contributed by atoms with Crippen LogP contribution in [0.15, 0.2) is 0 Å². The number of hydrogen-bond donors (Lipinski definition) is 2. The van der Waals surface area contributed by atoms with E-state index in [1.807, 2.05) is 0 Å². The van der Waals surface area contributed by atoms with Crippen LogP contribution in [-0.2, 0) is 9.59 Å². The van der Waals surface area contributed by atoms with Gasteiger partial charge >= 0.3 is 5.97 Å². The Kier molecular flexibility index (Phi) is 4.80. The molecule has 0 bridgehead atoms. The first-order valence-electron chi connectivity index (χ1n) is 7.34. The molecule has 2 rings (SSSR count). The Morgan fingerprint density at radius 2 is 2.11 bits per heavy atom. The van der Waals surface area contributed by atoms with Crippen LogP contribution in [0.2, 0.25) is 0 Å². The zero-order valence-electron chi connectivity index (χ0n) is 11.6. The van der Waals surface area contributed by atoms with Gasteiger partial charge in [-0.15, -0.1) is 0 Å². The second kappa shape index (κ2) is 6.37. The third-order valence-corrected chi connectivity index (χ3v) is 4.31. The molecule has 5 heteroatoms. The molecule has 2 fully saturated rings. The van der Waals surface area contributed by atoms with Crippen LogP contribution >= 0.6 is 0 Å². The smallest absolute Gasteiger partial charge is 0.307 e. The van der Waals surface area contributed by atoms with Crippen LogP contribution in [-0.4, -0.2) is 47.6 Å². The standard InChI is InChI=1S/C14H24N2O3/c1-10-5-2-3-7-16(10)8-4-6-15-13(17)11-9-12(11)14(18)19/h10-12H,2-9H2,1H3,(H,15,17)(H,18,19). The van der Waals surface area contributed by atoms with E-state index in [4.69, 9.17) is 5.11 Å². The van der Waals surface area contributed by atoms with Crippen molar-refractivity contribution >= 4 is 11.9 Å². The lowest BCUT2D eigenvalue weighted by Gasteiger charge is -2.33. The van der Waals surface area contributed by atoms with Gasteiger partial charge in [0.25, 0.3) is 0 Å². The van der Waals surface area contributed by atoms with Gasteiger partial charge in [-0.1, -0.05) is 6.42 Å². The summed E-state index contributed by atoms with van der Waals surface area (Å²) in [6.45, 7) is 5.11. The molecule has 1 aliphatic heterocycles. The zero-order chi connectivity index (χ0) is 13.8. The minimum Gasteiger partial charge on any atom is -0.481 e. The average Bonchev–Trinajstić information content (AvgIpc) is 3.16. The zero-order valence-corrected chi connectivity index (χ0v) is 11.6. The van der Waals surface area contributed by atoms with Gasteiger partial charge in [-0.3, -0.25) is 9.59 Å². The van der Waals surface area contributed by atoms with Crippen molar-refractivity contribution in [1.29, 1.82) is 0 Å². The van der Waals surface area contributed by atoms with Crippen LogP contribution < -0.4 is 5.32 Å². The van der Waals surface area contributed by atoms with Crippen molar-refractivity contribution in [2.75, 3.05) is 19.6 Å². The van der Waals surface area contributed by atoms with E-state index in [1.165, 1.54) is 25.8 Å². The molecule has 5 nitrogen and oxygen atoms in total. The highest BCUT2D eigenvalue weighted by Gasteiger charge is 2.48. The van der Waals surface area contributed by atoms with Gasteiger partial charge in [0.1, 0.15) is 0 Å². The highest BCUT2D eigenvalue weighted by Crippen LogP contribution is 2.38. The Morgan fingerprint density at radius 1 is 1.32 bits per heavy atom. The predicted molar refractivity (Wildman–Crippen MR) is 71.7 cm³/mol. The molecule has 1 saturated heterocycles. The summed E-state index contributed by atoms with van der Waals surface area (Å²) in [7, 11) is 0. The number of carbonyl (C=O) groups is 2. The molecular formula is C14H24N2O3. The SMILES string of the molecule is CC1CCCCN1CCCNC(=O)C1CC1C(=O)O. The number of carboxylic acid groups (broad SMARTS) is 1. The van der Waals surface area contributed by atoms with E-state index in [-0.39, 0.29) is 11.8 Å². The maximum Gasteiger partial charge on any atom is 0.307 e. The average molecular weight is 268 g/mol. The van der Waals surface area contributed by atoms with Gasteiger partial charge in [-0.2, -0.15) is 0 Å². The maximum absolute atomic E-state index is 11.6. The summed E-state index contributed by atoms with van der Waals surface area (Å²) in [6.07, 6.45) is 5.32. The van der Waals surface area contributed by atoms with E-state index in [1.54, 1.807) is 0 Å². The van der Waals surface area contributed by atoms with Crippen molar-refractivity contribution in [2.45, 2.75) is 45.1 Å². The normalized spacial score (nSPS) is 30.9. The van der Waals surface area contributed by atoms with Crippen molar-refractivity contribution in [3.63, 3.8) is 0 Å². The molecule has 1 amide bonds. The fraction of sp³-hybridized carbons (Fsp3) is 0.857. The number of nitrogens with zero attached hydrogens (tertiary/aromatic N) is 1. The molecule has 2 aliphatic rings. The fourth-order valence-corrected chi connectivity index (χ4v) is 2.87. The summed E-state index contributed by atoms with van der Waals surface area (Å²) in [5, 5.41) is 11.6. The van der Waals surface area contributed by atoms with E-state index in [0.717, 1.165) is 13.0 Å². The van der Waals surface area contributed by atoms with E-state index in [2.05, 4.69) is 17.1 Å². The summed E-state index contributed by atoms with van der Waals surface area (Å²) >= 11 is 0. The van der Waals surface area contributed by atoms with E-state index < -0.39 is 11.9 Å². The third kappa shape index (κ3) is 3.93. The first-order valence-corrected chi connectivity index (χ1v) is 7.34. The Labute approximate surface area is 114 Å². The van der Waals surface area contributed by atoms with Crippen LogP contribution in [0.25, 0.3) is 0 Å². The number of aliphatic carboxylic acids is 1. The van der Waals surface area contributed by atoms with Gasteiger partial charge in [0.15, 0.2) is 0 Å². The van der Waals surface area contributed by atoms with E-state index >= 15 is 0 Å². The van der Waals surface area contributed by atoms with Gasteiger partial charge in [0.2, 0.25) is 5.91 Å². The quantitative estimate of drug-likeness (QED) is 0.707. The molecule has 0 radical (unpaired) electrons. The molecule has 1 aliphatic carbocycles. The first-order chi connectivity index (χ1) is 9.09. The van der Waals surface area contributed by atoms with Crippen LogP contribution in [0.4, 0.5) is 0 Å². The molecule has 0 spiro atoms. The van der Waals surface area contributed by atoms with Crippen molar-refractivity contribution in [1.82, 2.24) is 10.2 Å². The molecule has 19 heavy (non-hydrogen) atoms. The van der Waals surface area contributed by atoms with Gasteiger partial charge in [0.05, 0.1) is 11.8 Å². The van der Waals surface area contributed by atoms with Crippen LogP contribution in [0.5, 0.6) is 0 Å². The molecule has 3 unspecified atom stereocenters. The summed E-state index contributed by atoms with van der Waals surface area (Å²) in [4.78, 5) is 24.8. The van der Waals surface area contributed by atoms with Crippen molar-refractivity contribution < 1.29 is 14.7 Å². The Balaban J connectivity index is 1.57. The number of nitrogens with one attached hydrogen (secondary N) is 1. The lowest BCUT2D eigenvalue weighted by molar-refractivity contribution is -0.140. The number of carbonyl (C=O) groups excluding carboxylic acids is 1. The number of carboxylic acids is 1. The van der Waals surface area contributed by atoms with E-state index in [9.17, 15) is 9.59 Å². The van der Waals surface area contributed by atoms with Gasteiger partial charge < -0.3 is 15.3 Å². The summed E-state index contributed by atoms with van der Waals surface area (Å²) in [6, 6.07) is 0.657. The fourth-order valence-electron chi connectivity index (χ4n) is 2.87. The lowest BCUT2D eigenvalue weighted by atomic mass is 10.0. The Hall–Kier alpha value is -1.10. The molecule has 1 saturated carbocycles. The van der Waals surface area contributed by atoms with E-state index in [0.29, 0.717) is 19.0 Å². The monoisotopic (exact) mass is 268 g/mol. The largest absolute Gasteiger partial charge is 0.481 e. The molecule has 0 aromatic rings. The predicted octanol–water partition coefficient (Wildman–Crippen LogP) is 1.09. The van der Waals surface area contributed by atoms with Crippen LogP contribution in [0.1, 0.15) is 39.0 Å². The number of hydrogen-bond acceptors (Lipinski definition) is 3. The summed E-state index contributed by atoms with van der Waals surface area (Å²) in [5.74, 6) is -1.66. The molecule has 0 aromatic carbocycles. The highest BCUT2D eigenvalue weighted by atomic mass is 16.4. The number of rotatable bonds is 6. The Morgan fingerprint density at radius 3 is 2.74 bits per heavy atom. The lowest BCUT2D eigenvalue weighted by Crippen LogP contribution is -2.39. The number of piperidine rings is 1.